The Morgan fingerprint density at radius 3 is 2.24 bits per heavy atom. The summed E-state index contributed by atoms with van der Waals surface area (Å²) in [6, 6.07) is 5.79. The molecule has 37 heavy (non-hydrogen) atoms. The molecule has 14 heteroatoms. The van der Waals surface area contributed by atoms with E-state index >= 15 is 0 Å². The standard InChI is InChI=1S/C23H21F7N4O3/c1-12(14-8-15(22(25,26)27)10-16(9-14)23(28,29)30)37-20-19(13-2-4-17(24)5-3-13)34(6-7-36-20)11-18-31-21(35)33-32-18/h2-5,8-10,12,19-20H,6-7,11H2,1H3,(H2,31,32,33,35)/t12-,19?,20-/m1/s1. The number of nitrogens with zero attached hydrogens (tertiary/aromatic N) is 2. The quantitative estimate of drug-likeness (QED) is 0.438. The summed E-state index contributed by atoms with van der Waals surface area (Å²) in [5.74, 6) is -0.239. The van der Waals surface area contributed by atoms with Crippen LogP contribution in [0.1, 0.15) is 47.1 Å². The van der Waals surface area contributed by atoms with Crippen LogP contribution in [0.25, 0.3) is 0 Å². The monoisotopic (exact) mass is 534 g/mol. The first kappa shape index (κ1) is 26.8. The third-order valence-electron chi connectivity index (χ3n) is 5.84. The number of rotatable bonds is 6. The van der Waals surface area contributed by atoms with Crippen LogP contribution in [0.5, 0.6) is 0 Å². The lowest BCUT2D eigenvalue weighted by Gasteiger charge is -2.41. The van der Waals surface area contributed by atoms with Crippen LogP contribution in [-0.4, -0.2) is 39.5 Å². The molecule has 1 aliphatic rings. The van der Waals surface area contributed by atoms with E-state index < -0.39 is 53.4 Å². The van der Waals surface area contributed by atoms with Gasteiger partial charge in [0.05, 0.1) is 36.4 Å². The molecule has 3 atom stereocenters. The van der Waals surface area contributed by atoms with Gasteiger partial charge in [0.2, 0.25) is 0 Å². The van der Waals surface area contributed by atoms with E-state index in [0.29, 0.717) is 24.2 Å². The van der Waals surface area contributed by atoms with Crippen molar-refractivity contribution in [3.63, 3.8) is 0 Å². The van der Waals surface area contributed by atoms with Crippen molar-refractivity contribution in [3.8, 4) is 0 Å². The minimum Gasteiger partial charge on any atom is -0.349 e. The summed E-state index contributed by atoms with van der Waals surface area (Å²) in [7, 11) is 0. The Bertz CT molecular complexity index is 1240. The maximum absolute atomic E-state index is 13.6. The van der Waals surface area contributed by atoms with E-state index in [0.717, 1.165) is 0 Å². The van der Waals surface area contributed by atoms with Crippen LogP contribution in [0, 0.1) is 5.82 Å². The van der Waals surface area contributed by atoms with Crippen molar-refractivity contribution in [1.82, 2.24) is 20.1 Å². The highest BCUT2D eigenvalue weighted by molar-refractivity contribution is 5.34. The summed E-state index contributed by atoms with van der Waals surface area (Å²) in [5.41, 5.74) is -3.30. The second-order valence-corrected chi connectivity index (χ2v) is 8.45. The second kappa shape index (κ2) is 10.3. The summed E-state index contributed by atoms with van der Waals surface area (Å²) in [6.07, 6.45) is -12.4. The van der Waals surface area contributed by atoms with Gasteiger partial charge < -0.3 is 9.47 Å². The van der Waals surface area contributed by atoms with E-state index in [1.54, 1.807) is 4.90 Å². The van der Waals surface area contributed by atoms with Crippen LogP contribution in [0.3, 0.4) is 0 Å². The normalized spacial score (nSPS) is 20.2. The Morgan fingerprint density at radius 1 is 1.08 bits per heavy atom. The average molecular weight is 534 g/mol. The number of nitrogens with one attached hydrogen (secondary N) is 2. The molecule has 1 aliphatic heterocycles. The molecule has 3 aromatic rings. The van der Waals surface area contributed by atoms with Crippen molar-refractivity contribution < 1.29 is 40.2 Å². The number of aromatic amines is 2. The molecule has 2 aromatic carbocycles. The van der Waals surface area contributed by atoms with E-state index in [9.17, 15) is 35.5 Å². The molecule has 2 heterocycles. The van der Waals surface area contributed by atoms with Crippen LogP contribution in [0.15, 0.2) is 47.3 Å². The van der Waals surface area contributed by atoms with Gasteiger partial charge in [-0.2, -0.15) is 31.4 Å². The Kier molecular flexibility index (Phi) is 7.44. The second-order valence-electron chi connectivity index (χ2n) is 8.45. The molecule has 0 spiro atoms. The first-order valence-electron chi connectivity index (χ1n) is 11.0. The van der Waals surface area contributed by atoms with Crippen LogP contribution in [-0.2, 0) is 28.4 Å². The van der Waals surface area contributed by atoms with Crippen LogP contribution in [0.4, 0.5) is 30.7 Å². The summed E-state index contributed by atoms with van der Waals surface area (Å²) >= 11 is 0. The van der Waals surface area contributed by atoms with Gasteiger partial charge in [-0.15, -0.1) is 0 Å². The lowest BCUT2D eigenvalue weighted by atomic mass is 10.0. The van der Waals surface area contributed by atoms with Crippen molar-refractivity contribution >= 4 is 0 Å². The molecule has 0 bridgehead atoms. The van der Waals surface area contributed by atoms with Crippen molar-refractivity contribution in [1.29, 1.82) is 0 Å². The van der Waals surface area contributed by atoms with Gasteiger partial charge in [0.1, 0.15) is 11.6 Å². The fourth-order valence-corrected chi connectivity index (χ4v) is 4.07. The van der Waals surface area contributed by atoms with E-state index in [4.69, 9.17) is 9.47 Å². The molecule has 2 N–H and O–H groups in total. The van der Waals surface area contributed by atoms with Gasteiger partial charge in [0.25, 0.3) is 0 Å². The molecule has 1 fully saturated rings. The molecule has 200 valence electrons. The Morgan fingerprint density at radius 2 is 1.70 bits per heavy atom. The molecular formula is C23H21F7N4O3. The summed E-state index contributed by atoms with van der Waals surface area (Å²) < 4.78 is 105. The Labute approximate surface area is 205 Å². The lowest BCUT2D eigenvalue weighted by molar-refractivity contribution is -0.231. The number of H-pyrrole nitrogens is 2. The first-order chi connectivity index (χ1) is 17.3. The average Bonchev–Trinajstić information content (AvgIpc) is 3.23. The summed E-state index contributed by atoms with van der Waals surface area (Å²) in [4.78, 5) is 15.7. The highest BCUT2D eigenvalue weighted by atomic mass is 19.4. The van der Waals surface area contributed by atoms with Gasteiger partial charge in [-0.05, 0) is 48.4 Å². The van der Waals surface area contributed by atoms with Crippen molar-refractivity contribution in [2.45, 2.75) is 44.3 Å². The highest BCUT2D eigenvalue weighted by Gasteiger charge is 2.39. The van der Waals surface area contributed by atoms with Gasteiger partial charge in [0.15, 0.2) is 6.29 Å². The van der Waals surface area contributed by atoms with Crippen molar-refractivity contribution in [2.75, 3.05) is 13.2 Å². The predicted octanol–water partition coefficient (Wildman–Crippen LogP) is 4.95. The van der Waals surface area contributed by atoms with Crippen molar-refractivity contribution in [3.05, 3.63) is 86.8 Å². The first-order valence-corrected chi connectivity index (χ1v) is 11.0. The lowest BCUT2D eigenvalue weighted by Crippen LogP contribution is -2.46. The number of hydrogen-bond acceptors (Lipinski definition) is 5. The number of aromatic nitrogens is 3. The predicted molar refractivity (Wildman–Crippen MR) is 114 cm³/mol. The third-order valence-corrected chi connectivity index (χ3v) is 5.84. The minimum absolute atomic E-state index is 0.0427. The number of benzene rings is 2. The molecule has 7 nitrogen and oxygen atoms in total. The number of morpholine rings is 1. The molecule has 0 saturated carbocycles. The highest BCUT2D eigenvalue weighted by Crippen LogP contribution is 2.39. The maximum atomic E-state index is 13.6. The van der Waals surface area contributed by atoms with Crippen LogP contribution >= 0.6 is 0 Å². The molecule has 1 aromatic heterocycles. The maximum Gasteiger partial charge on any atom is 0.416 e. The fourth-order valence-electron chi connectivity index (χ4n) is 4.07. The number of ether oxygens (including phenoxy) is 2. The van der Waals surface area contributed by atoms with Crippen molar-refractivity contribution in [2.24, 2.45) is 0 Å². The smallest absolute Gasteiger partial charge is 0.349 e. The van der Waals surface area contributed by atoms with Gasteiger partial charge in [-0.3, -0.25) is 9.88 Å². The van der Waals surface area contributed by atoms with E-state index in [2.05, 4.69) is 15.2 Å². The number of alkyl halides is 6. The molecule has 0 aliphatic carbocycles. The van der Waals surface area contributed by atoms with Gasteiger partial charge in [-0.25, -0.2) is 14.3 Å². The van der Waals surface area contributed by atoms with E-state index in [1.807, 2.05) is 0 Å². The van der Waals surface area contributed by atoms with Crippen LogP contribution in [0.2, 0.25) is 0 Å². The summed E-state index contributed by atoms with van der Waals surface area (Å²) in [5, 5.41) is 6.10. The van der Waals surface area contributed by atoms with Gasteiger partial charge >= 0.3 is 18.0 Å². The Hall–Kier alpha value is -3.23. The number of hydrogen-bond donors (Lipinski definition) is 2. The fraction of sp³-hybridized carbons (Fsp3) is 0.391. The molecule has 1 saturated heterocycles. The largest absolute Gasteiger partial charge is 0.416 e. The van der Waals surface area contributed by atoms with E-state index in [-0.39, 0.29) is 30.6 Å². The van der Waals surface area contributed by atoms with Gasteiger partial charge in [0, 0.05) is 6.54 Å². The summed E-state index contributed by atoms with van der Waals surface area (Å²) in [6.45, 7) is 1.82. The SMILES string of the molecule is C[C@@H](O[C@H]1OCCN(Cc2n[nH]c(=O)[nH]2)C1c1ccc(F)cc1)c1cc(C(F)(F)F)cc(C(F)(F)F)c1. The molecule has 0 amide bonds. The molecule has 4 rings (SSSR count). The zero-order chi connectivity index (χ0) is 27.0. The zero-order valence-electron chi connectivity index (χ0n) is 19.2. The van der Waals surface area contributed by atoms with E-state index in [1.165, 1.54) is 31.2 Å². The number of halogens is 7. The zero-order valence-corrected chi connectivity index (χ0v) is 19.2. The molecular weight excluding hydrogens is 513 g/mol. The topological polar surface area (TPSA) is 83.2 Å². The third kappa shape index (κ3) is 6.37. The molecule has 1 unspecified atom stereocenters. The minimum atomic E-state index is -5.01. The molecule has 0 radical (unpaired) electrons. The Balaban J connectivity index is 1.66. The van der Waals surface area contributed by atoms with Gasteiger partial charge in [-0.1, -0.05) is 12.1 Å². The van der Waals surface area contributed by atoms with Crippen LogP contribution < -0.4 is 5.69 Å².